The summed E-state index contributed by atoms with van der Waals surface area (Å²) in [4.78, 5) is 28.4. The van der Waals surface area contributed by atoms with Crippen LogP contribution in [-0.4, -0.2) is 26.5 Å². The molecule has 0 spiro atoms. The fourth-order valence-electron chi connectivity index (χ4n) is 3.79. The van der Waals surface area contributed by atoms with Crippen LogP contribution in [0.15, 0.2) is 48.7 Å². The number of nitrogens with zero attached hydrogens (tertiary/aromatic N) is 2. The zero-order valence-corrected chi connectivity index (χ0v) is 17.7. The molecule has 6 heteroatoms. The largest absolute Gasteiger partial charge is 0.478 e. The molecular formula is C25H25N3O3. The Bertz CT molecular complexity index is 1170. The first-order chi connectivity index (χ1) is 15.0. The molecule has 0 saturated carbocycles. The fourth-order valence-corrected chi connectivity index (χ4v) is 3.79. The number of aryl methyl sites for hydroxylation is 2. The summed E-state index contributed by atoms with van der Waals surface area (Å²) in [5.41, 5.74) is 5.54. The lowest BCUT2D eigenvalue weighted by Gasteiger charge is -2.11. The van der Waals surface area contributed by atoms with Crippen LogP contribution in [0.3, 0.4) is 0 Å². The molecule has 0 radical (unpaired) electrons. The summed E-state index contributed by atoms with van der Waals surface area (Å²) in [6.07, 6.45) is 6.63. The van der Waals surface area contributed by atoms with Gasteiger partial charge in [-0.3, -0.25) is 4.79 Å². The number of carboxylic acid groups (broad SMARTS) is 1. The van der Waals surface area contributed by atoms with Crippen LogP contribution in [0.25, 0.3) is 11.6 Å². The number of carboxylic acids is 1. The van der Waals surface area contributed by atoms with Crippen molar-refractivity contribution in [1.82, 2.24) is 9.55 Å². The molecule has 6 nitrogen and oxygen atoms in total. The van der Waals surface area contributed by atoms with E-state index in [1.165, 1.54) is 0 Å². The van der Waals surface area contributed by atoms with Gasteiger partial charge < -0.3 is 15.0 Å². The molecule has 1 aromatic heterocycles. The van der Waals surface area contributed by atoms with Crippen molar-refractivity contribution in [2.45, 2.75) is 39.7 Å². The number of aromatic nitrogens is 2. The van der Waals surface area contributed by atoms with Gasteiger partial charge >= 0.3 is 5.97 Å². The first kappa shape index (κ1) is 20.6. The number of carbonyl (C=O) groups is 2. The maximum absolute atomic E-state index is 12.6. The Kier molecular flexibility index (Phi) is 5.71. The van der Waals surface area contributed by atoms with Crippen molar-refractivity contribution in [3.8, 4) is 0 Å². The number of anilines is 1. The van der Waals surface area contributed by atoms with Crippen molar-refractivity contribution in [3.63, 3.8) is 0 Å². The first-order valence-electron chi connectivity index (χ1n) is 10.5. The minimum Gasteiger partial charge on any atom is -0.478 e. The predicted molar refractivity (Wildman–Crippen MR) is 121 cm³/mol. The number of hydrogen-bond donors (Lipinski definition) is 2. The monoisotopic (exact) mass is 415 g/mol. The maximum Gasteiger partial charge on any atom is 0.335 e. The van der Waals surface area contributed by atoms with Gasteiger partial charge in [0, 0.05) is 24.2 Å². The number of imidazole rings is 1. The molecule has 0 fully saturated rings. The van der Waals surface area contributed by atoms with E-state index in [1.807, 2.05) is 49.5 Å². The van der Waals surface area contributed by atoms with E-state index in [-0.39, 0.29) is 11.5 Å². The van der Waals surface area contributed by atoms with Gasteiger partial charge in [-0.25, -0.2) is 9.78 Å². The van der Waals surface area contributed by atoms with E-state index < -0.39 is 5.97 Å². The second-order valence-corrected chi connectivity index (χ2v) is 7.85. The highest BCUT2D eigenvalue weighted by molar-refractivity contribution is 6.34. The number of fused-ring (bicyclic) bond motifs is 1. The lowest BCUT2D eigenvalue weighted by Crippen LogP contribution is -2.09. The highest BCUT2D eigenvalue weighted by atomic mass is 16.4. The van der Waals surface area contributed by atoms with Crippen molar-refractivity contribution in [2.75, 3.05) is 5.32 Å². The molecule has 158 valence electrons. The average Bonchev–Trinajstić information content (AvgIpc) is 3.27. The number of amides is 1. The van der Waals surface area contributed by atoms with Crippen molar-refractivity contribution < 1.29 is 14.7 Å². The predicted octanol–water partition coefficient (Wildman–Crippen LogP) is 4.77. The topological polar surface area (TPSA) is 84.2 Å². The summed E-state index contributed by atoms with van der Waals surface area (Å²) >= 11 is 0. The number of nitrogens with one attached hydrogen (secondary N) is 1. The maximum atomic E-state index is 12.6. The number of benzene rings is 2. The Balaban J connectivity index is 1.73. The van der Waals surface area contributed by atoms with Crippen LogP contribution in [0.5, 0.6) is 0 Å². The number of rotatable bonds is 7. The van der Waals surface area contributed by atoms with Crippen molar-refractivity contribution in [2.24, 2.45) is 0 Å². The van der Waals surface area contributed by atoms with Crippen LogP contribution in [-0.2, 0) is 17.8 Å². The molecule has 0 unspecified atom stereocenters. The van der Waals surface area contributed by atoms with E-state index >= 15 is 0 Å². The Hall–Kier alpha value is -3.67. The zero-order valence-electron chi connectivity index (χ0n) is 17.7. The first-order valence-corrected chi connectivity index (χ1v) is 10.5. The van der Waals surface area contributed by atoms with Crippen molar-refractivity contribution in [3.05, 3.63) is 82.4 Å². The number of carbonyl (C=O) groups excluding carboxylic acids is 1. The Morgan fingerprint density at radius 3 is 2.68 bits per heavy atom. The minimum absolute atomic E-state index is 0.116. The fraction of sp³-hybridized carbons (Fsp3) is 0.240. The van der Waals surface area contributed by atoms with Crippen molar-refractivity contribution >= 4 is 29.2 Å². The van der Waals surface area contributed by atoms with E-state index in [1.54, 1.807) is 12.1 Å². The lowest BCUT2D eigenvalue weighted by molar-refractivity contribution is -0.110. The highest BCUT2D eigenvalue weighted by Crippen LogP contribution is 2.34. The highest BCUT2D eigenvalue weighted by Gasteiger charge is 2.24. The van der Waals surface area contributed by atoms with Gasteiger partial charge in [-0.05, 0) is 49.2 Å². The molecule has 0 saturated heterocycles. The Labute approximate surface area is 181 Å². The third-order valence-corrected chi connectivity index (χ3v) is 5.51. The summed E-state index contributed by atoms with van der Waals surface area (Å²) < 4.78 is 2.11. The van der Waals surface area contributed by atoms with E-state index in [0.717, 1.165) is 53.2 Å². The molecule has 1 amide bonds. The summed E-state index contributed by atoms with van der Waals surface area (Å²) in [5.74, 6) is -0.0995. The summed E-state index contributed by atoms with van der Waals surface area (Å²) in [5, 5.41) is 12.1. The minimum atomic E-state index is -0.940. The van der Waals surface area contributed by atoms with E-state index in [4.69, 9.17) is 5.11 Å². The number of unbranched alkanes of at least 4 members (excludes halogenated alkanes) is 1. The molecule has 2 N–H and O–H groups in total. The summed E-state index contributed by atoms with van der Waals surface area (Å²) in [6.45, 7) is 4.71. The Morgan fingerprint density at radius 1 is 1.19 bits per heavy atom. The van der Waals surface area contributed by atoms with Gasteiger partial charge in [0.2, 0.25) is 0 Å². The van der Waals surface area contributed by atoms with Gasteiger partial charge in [-0.1, -0.05) is 37.1 Å². The molecule has 0 aliphatic carbocycles. The third-order valence-electron chi connectivity index (χ3n) is 5.51. The molecule has 1 aliphatic rings. The molecule has 4 rings (SSSR count). The van der Waals surface area contributed by atoms with Crippen LogP contribution in [0, 0.1) is 6.92 Å². The molecule has 3 aromatic rings. The summed E-state index contributed by atoms with van der Waals surface area (Å²) in [7, 11) is 0. The lowest BCUT2D eigenvalue weighted by atomic mass is 10.0. The standard InChI is InChI=1S/C25H25N3O3/c1-3-4-5-23-26-14-19(28(23)15-17-7-9-18(10-8-17)25(30)31)13-21-20-12-16(2)6-11-22(20)27-24(21)29/h6-14H,3-5,15H2,1-2H3,(H,27,29)(H,30,31)/b21-13-. The van der Waals surface area contributed by atoms with Crippen LogP contribution < -0.4 is 5.32 Å². The molecule has 31 heavy (non-hydrogen) atoms. The molecular weight excluding hydrogens is 390 g/mol. The van der Waals surface area contributed by atoms with Gasteiger partial charge in [0.1, 0.15) is 5.82 Å². The quantitative estimate of drug-likeness (QED) is 0.544. The molecule has 2 aromatic carbocycles. The number of hydrogen-bond acceptors (Lipinski definition) is 3. The van der Waals surface area contributed by atoms with Gasteiger partial charge in [-0.2, -0.15) is 0 Å². The normalized spacial score (nSPS) is 14.0. The third kappa shape index (κ3) is 4.28. The smallest absolute Gasteiger partial charge is 0.335 e. The van der Waals surface area contributed by atoms with Crippen LogP contribution in [0.1, 0.15) is 58.3 Å². The summed E-state index contributed by atoms with van der Waals surface area (Å²) in [6, 6.07) is 12.8. The van der Waals surface area contributed by atoms with Gasteiger partial charge in [0.25, 0.3) is 5.91 Å². The molecule has 1 aliphatic heterocycles. The van der Waals surface area contributed by atoms with Crippen LogP contribution >= 0.6 is 0 Å². The van der Waals surface area contributed by atoms with E-state index in [9.17, 15) is 9.59 Å². The van der Waals surface area contributed by atoms with Gasteiger partial charge in [0.15, 0.2) is 0 Å². The molecule has 0 atom stereocenters. The number of aromatic carboxylic acids is 1. The van der Waals surface area contributed by atoms with Gasteiger partial charge in [-0.15, -0.1) is 0 Å². The van der Waals surface area contributed by atoms with Crippen LogP contribution in [0.4, 0.5) is 5.69 Å². The molecule has 2 heterocycles. The average molecular weight is 415 g/mol. The second kappa shape index (κ2) is 8.60. The zero-order chi connectivity index (χ0) is 22.0. The SMILES string of the molecule is CCCCc1ncc(/C=C2\C(=O)Nc3ccc(C)cc32)n1Cc1ccc(C(=O)O)cc1. The van der Waals surface area contributed by atoms with Crippen LogP contribution in [0.2, 0.25) is 0 Å². The molecule has 0 bridgehead atoms. The van der Waals surface area contributed by atoms with E-state index in [0.29, 0.717) is 12.1 Å². The second-order valence-electron chi connectivity index (χ2n) is 7.85. The van der Waals surface area contributed by atoms with Gasteiger partial charge in [0.05, 0.1) is 23.0 Å². The van der Waals surface area contributed by atoms with E-state index in [2.05, 4.69) is 21.8 Å². The Morgan fingerprint density at radius 2 is 1.97 bits per heavy atom. The van der Waals surface area contributed by atoms with Crippen molar-refractivity contribution in [1.29, 1.82) is 0 Å².